The molecule has 1 atom stereocenters. The highest BCUT2D eigenvalue weighted by Crippen LogP contribution is 1.94. The molecule has 0 aromatic heterocycles. The molecule has 1 N–H and O–H groups in total. The number of amides is 1. The maximum atomic E-state index is 11.0. The molecule has 0 fully saturated rings. The standard InChI is InChI=1S/C8H18N2O2/c1-5-7(10(3)4)9-8(11)12-6-2/h7H,5-6H2,1-4H3,(H,9,11). The Balaban J connectivity index is 3.77. The van der Waals surface area contributed by atoms with E-state index in [0.29, 0.717) is 6.61 Å². The minimum absolute atomic E-state index is 0.0593. The molecule has 4 nitrogen and oxygen atoms in total. The zero-order chi connectivity index (χ0) is 9.56. The molecule has 0 saturated carbocycles. The number of hydrogen-bond donors (Lipinski definition) is 1. The van der Waals surface area contributed by atoms with Gasteiger partial charge in [0.25, 0.3) is 0 Å². The van der Waals surface area contributed by atoms with Crippen molar-refractivity contribution in [2.24, 2.45) is 0 Å². The van der Waals surface area contributed by atoms with Crippen LogP contribution in [0, 0.1) is 0 Å². The minimum atomic E-state index is -0.349. The van der Waals surface area contributed by atoms with Gasteiger partial charge in [-0.3, -0.25) is 4.90 Å². The van der Waals surface area contributed by atoms with Gasteiger partial charge in [0.1, 0.15) is 0 Å². The Labute approximate surface area is 73.9 Å². The highest BCUT2D eigenvalue weighted by atomic mass is 16.5. The first kappa shape index (κ1) is 11.2. The summed E-state index contributed by atoms with van der Waals surface area (Å²) in [6.45, 7) is 4.21. The molecule has 12 heavy (non-hydrogen) atoms. The Hall–Kier alpha value is -0.770. The summed E-state index contributed by atoms with van der Waals surface area (Å²) in [6, 6.07) is 0. The smallest absolute Gasteiger partial charge is 0.408 e. The molecule has 0 aliphatic rings. The monoisotopic (exact) mass is 174 g/mol. The van der Waals surface area contributed by atoms with Gasteiger partial charge in [-0.25, -0.2) is 4.79 Å². The van der Waals surface area contributed by atoms with E-state index in [4.69, 9.17) is 4.74 Å². The number of nitrogens with one attached hydrogen (secondary N) is 1. The van der Waals surface area contributed by atoms with Crippen LogP contribution < -0.4 is 5.32 Å². The van der Waals surface area contributed by atoms with E-state index in [1.54, 1.807) is 6.92 Å². The third-order valence-corrected chi connectivity index (χ3v) is 1.57. The lowest BCUT2D eigenvalue weighted by molar-refractivity contribution is 0.132. The minimum Gasteiger partial charge on any atom is -0.450 e. The van der Waals surface area contributed by atoms with E-state index in [1.165, 1.54) is 0 Å². The average Bonchev–Trinajstić information content (AvgIpc) is 2.00. The van der Waals surface area contributed by atoms with Crippen LogP contribution in [0.4, 0.5) is 4.79 Å². The van der Waals surface area contributed by atoms with Gasteiger partial charge in [0, 0.05) is 0 Å². The van der Waals surface area contributed by atoms with Crippen molar-refractivity contribution in [2.45, 2.75) is 26.4 Å². The zero-order valence-electron chi connectivity index (χ0n) is 8.26. The van der Waals surface area contributed by atoms with Gasteiger partial charge in [0.2, 0.25) is 0 Å². The van der Waals surface area contributed by atoms with Gasteiger partial charge in [0.05, 0.1) is 12.8 Å². The van der Waals surface area contributed by atoms with Crippen LogP contribution in [0.1, 0.15) is 20.3 Å². The molecule has 0 spiro atoms. The molecule has 0 radical (unpaired) electrons. The number of hydrogen-bond acceptors (Lipinski definition) is 3. The fraction of sp³-hybridized carbons (Fsp3) is 0.875. The highest BCUT2D eigenvalue weighted by Gasteiger charge is 2.11. The Morgan fingerprint density at radius 3 is 2.42 bits per heavy atom. The predicted molar refractivity (Wildman–Crippen MR) is 47.9 cm³/mol. The van der Waals surface area contributed by atoms with Crippen LogP contribution in [0.2, 0.25) is 0 Å². The Morgan fingerprint density at radius 2 is 2.08 bits per heavy atom. The van der Waals surface area contributed by atoms with Crippen LogP contribution in [-0.2, 0) is 4.74 Å². The van der Waals surface area contributed by atoms with Gasteiger partial charge in [-0.05, 0) is 27.4 Å². The van der Waals surface area contributed by atoms with Gasteiger partial charge in [0.15, 0.2) is 0 Å². The summed E-state index contributed by atoms with van der Waals surface area (Å²) in [7, 11) is 3.83. The lowest BCUT2D eigenvalue weighted by Gasteiger charge is -2.23. The van der Waals surface area contributed by atoms with Gasteiger partial charge in [-0.15, -0.1) is 0 Å². The molecule has 0 aromatic rings. The van der Waals surface area contributed by atoms with Gasteiger partial charge in [-0.2, -0.15) is 0 Å². The number of carbonyl (C=O) groups excluding carboxylic acids is 1. The molecule has 72 valence electrons. The molecule has 0 bridgehead atoms. The largest absolute Gasteiger partial charge is 0.450 e. The first-order chi connectivity index (χ1) is 5.61. The second kappa shape index (κ2) is 5.83. The fourth-order valence-corrected chi connectivity index (χ4v) is 0.905. The molecule has 0 saturated heterocycles. The second-order valence-corrected chi connectivity index (χ2v) is 2.75. The summed E-state index contributed by atoms with van der Waals surface area (Å²) >= 11 is 0. The summed E-state index contributed by atoms with van der Waals surface area (Å²) in [5.41, 5.74) is 0. The first-order valence-corrected chi connectivity index (χ1v) is 4.21. The second-order valence-electron chi connectivity index (χ2n) is 2.75. The molecule has 1 amide bonds. The maximum absolute atomic E-state index is 11.0. The Morgan fingerprint density at radius 1 is 1.50 bits per heavy atom. The van der Waals surface area contributed by atoms with Crippen molar-refractivity contribution in [3.8, 4) is 0 Å². The summed E-state index contributed by atoms with van der Waals surface area (Å²) in [5, 5.41) is 2.73. The van der Waals surface area contributed by atoms with Crippen molar-refractivity contribution in [1.82, 2.24) is 10.2 Å². The normalized spacial score (nSPS) is 12.8. The average molecular weight is 174 g/mol. The van der Waals surface area contributed by atoms with E-state index in [0.717, 1.165) is 6.42 Å². The SMILES string of the molecule is CCOC(=O)NC(CC)N(C)C. The molecular formula is C8H18N2O2. The molecule has 0 rings (SSSR count). The number of carbonyl (C=O) groups is 1. The maximum Gasteiger partial charge on any atom is 0.408 e. The van der Waals surface area contributed by atoms with E-state index in [1.807, 2.05) is 25.9 Å². The van der Waals surface area contributed by atoms with E-state index < -0.39 is 0 Å². The quantitative estimate of drug-likeness (QED) is 0.647. The zero-order valence-corrected chi connectivity index (χ0v) is 8.26. The van der Waals surface area contributed by atoms with Crippen molar-refractivity contribution in [3.05, 3.63) is 0 Å². The topological polar surface area (TPSA) is 41.6 Å². The lowest BCUT2D eigenvalue weighted by Crippen LogP contribution is -2.44. The van der Waals surface area contributed by atoms with Crippen molar-refractivity contribution in [3.63, 3.8) is 0 Å². The Kier molecular flexibility index (Phi) is 5.45. The van der Waals surface area contributed by atoms with Crippen LogP contribution in [0.5, 0.6) is 0 Å². The van der Waals surface area contributed by atoms with E-state index in [2.05, 4.69) is 5.32 Å². The number of ether oxygens (including phenoxy) is 1. The summed E-state index contributed by atoms with van der Waals surface area (Å²) in [5.74, 6) is 0. The molecule has 1 unspecified atom stereocenters. The third kappa shape index (κ3) is 4.18. The molecular weight excluding hydrogens is 156 g/mol. The van der Waals surface area contributed by atoms with Crippen molar-refractivity contribution in [2.75, 3.05) is 20.7 Å². The summed E-state index contributed by atoms with van der Waals surface area (Å²) < 4.78 is 4.75. The van der Waals surface area contributed by atoms with Crippen LogP contribution in [0.15, 0.2) is 0 Å². The number of rotatable bonds is 4. The highest BCUT2D eigenvalue weighted by molar-refractivity contribution is 5.67. The van der Waals surface area contributed by atoms with Crippen molar-refractivity contribution < 1.29 is 9.53 Å². The lowest BCUT2D eigenvalue weighted by atomic mass is 10.3. The van der Waals surface area contributed by atoms with Crippen LogP contribution in [0.25, 0.3) is 0 Å². The molecule has 0 aliphatic heterocycles. The Bertz CT molecular complexity index is 137. The molecule has 0 aliphatic carbocycles. The van der Waals surface area contributed by atoms with E-state index >= 15 is 0 Å². The first-order valence-electron chi connectivity index (χ1n) is 4.21. The summed E-state index contributed by atoms with van der Waals surface area (Å²) in [6.07, 6.45) is 0.577. The van der Waals surface area contributed by atoms with Crippen LogP contribution >= 0.6 is 0 Å². The van der Waals surface area contributed by atoms with E-state index in [9.17, 15) is 4.79 Å². The molecule has 0 aromatic carbocycles. The number of alkyl carbamates (subject to hydrolysis) is 1. The van der Waals surface area contributed by atoms with Crippen molar-refractivity contribution in [1.29, 1.82) is 0 Å². The van der Waals surface area contributed by atoms with Crippen LogP contribution in [-0.4, -0.2) is 37.9 Å². The fourth-order valence-electron chi connectivity index (χ4n) is 0.905. The predicted octanol–water partition coefficient (Wildman–Crippen LogP) is 1.03. The van der Waals surface area contributed by atoms with Crippen LogP contribution in [0.3, 0.4) is 0 Å². The molecule has 0 heterocycles. The van der Waals surface area contributed by atoms with Gasteiger partial charge >= 0.3 is 6.09 Å². The van der Waals surface area contributed by atoms with E-state index in [-0.39, 0.29) is 12.3 Å². The van der Waals surface area contributed by atoms with Gasteiger partial charge in [-0.1, -0.05) is 6.92 Å². The molecule has 4 heteroatoms. The summed E-state index contributed by atoms with van der Waals surface area (Å²) in [4.78, 5) is 12.9. The third-order valence-electron chi connectivity index (χ3n) is 1.57. The van der Waals surface area contributed by atoms with Gasteiger partial charge < -0.3 is 10.1 Å². The van der Waals surface area contributed by atoms with Crippen molar-refractivity contribution >= 4 is 6.09 Å². The number of nitrogens with zero attached hydrogens (tertiary/aromatic N) is 1.